The third-order valence-corrected chi connectivity index (χ3v) is 7.44. The first-order valence-corrected chi connectivity index (χ1v) is 11.0. The number of carbonyl (C=O) groups excluding carboxylic acids is 2. The molecule has 2 aliphatic rings. The Morgan fingerprint density at radius 3 is 2.55 bits per heavy atom. The van der Waals surface area contributed by atoms with Crippen LogP contribution in [-0.2, 0) is 24.3 Å². The lowest BCUT2D eigenvalue weighted by Gasteiger charge is -2.44. The molecular weight excluding hydrogens is 398 g/mol. The molecule has 0 aromatic heterocycles. The summed E-state index contributed by atoms with van der Waals surface area (Å²) in [5.41, 5.74) is -0.443. The molecule has 0 atom stereocenters. The van der Waals surface area contributed by atoms with Crippen molar-refractivity contribution in [1.29, 1.82) is 0 Å². The Morgan fingerprint density at radius 2 is 1.90 bits per heavy atom. The van der Waals surface area contributed by atoms with E-state index in [1.807, 2.05) is 4.90 Å². The van der Waals surface area contributed by atoms with Crippen LogP contribution < -0.4 is 10.1 Å². The number of benzene rings is 1. The number of para-hydroxylation sites is 1. The van der Waals surface area contributed by atoms with E-state index in [1.54, 1.807) is 18.2 Å². The van der Waals surface area contributed by atoms with E-state index in [-0.39, 0.29) is 36.4 Å². The Kier molecular flexibility index (Phi) is 6.45. The number of sulfonamides is 1. The van der Waals surface area contributed by atoms with Crippen molar-refractivity contribution in [1.82, 2.24) is 14.5 Å². The first-order valence-electron chi connectivity index (χ1n) is 9.51. The Morgan fingerprint density at radius 1 is 1.21 bits per heavy atom. The molecule has 3 rings (SSSR count). The smallest absolute Gasteiger partial charge is 0.319 e. The van der Waals surface area contributed by atoms with Gasteiger partial charge in [0, 0.05) is 19.0 Å². The van der Waals surface area contributed by atoms with Gasteiger partial charge in [0.1, 0.15) is 10.6 Å². The first-order chi connectivity index (χ1) is 13.8. The number of methoxy groups -OCH3 is 1. The maximum atomic E-state index is 13.3. The third-order valence-electron chi connectivity index (χ3n) is 5.61. The number of hydrogen-bond acceptors (Lipinski definition) is 7. The second kappa shape index (κ2) is 8.68. The lowest BCUT2D eigenvalue weighted by Crippen LogP contribution is -2.53. The van der Waals surface area contributed by atoms with Gasteiger partial charge in [0.2, 0.25) is 15.9 Å². The summed E-state index contributed by atoms with van der Waals surface area (Å²) in [5, 5.41) is 2.50. The van der Waals surface area contributed by atoms with E-state index in [9.17, 15) is 18.0 Å². The fourth-order valence-electron chi connectivity index (χ4n) is 3.77. The molecule has 2 aliphatic heterocycles. The number of ether oxygens (including phenoxy) is 2. The Balaban J connectivity index is 1.88. The highest BCUT2D eigenvalue weighted by Crippen LogP contribution is 2.39. The fraction of sp³-hybridized carbons (Fsp3) is 0.579. The van der Waals surface area contributed by atoms with Gasteiger partial charge in [-0.3, -0.25) is 14.5 Å². The molecule has 2 heterocycles. The van der Waals surface area contributed by atoms with Crippen LogP contribution in [0.2, 0.25) is 0 Å². The predicted octanol–water partition coefficient (Wildman–Crippen LogP) is 0.0709. The molecule has 1 spiro atoms. The predicted molar refractivity (Wildman–Crippen MR) is 105 cm³/mol. The normalized spacial score (nSPS) is 21.3. The molecule has 29 heavy (non-hydrogen) atoms. The zero-order valence-corrected chi connectivity index (χ0v) is 17.5. The Hall–Kier alpha value is -2.17. The number of likely N-dealkylation sites (N-methyl/N-ethyl adjacent to an activating group) is 1. The van der Waals surface area contributed by atoms with Gasteiger partial charge in [0.25, 0.3) is 0 Å². The zero-order chi connectivity index (χ0) is 21.1. The fourth-order valence-corrected chi connectivity index (χ4v) is 5.41. The van der Waals surface area contributed by atoms with Gasteiger partial charge in [-0.2, -0.15) is 4.31 Å². The largest absolute Gasteiger partial charge is 0.492 e. The number of nitrogens with one attached hydrogen (secondary N) is 1. The number of amides is 1. The number of piperidine rings is 1. The van der Waals surface area contributed by atoms with Crippen LogP contribution in [0.5, 0.6) is 5.75 Å². The van der Waals surface area contributed by atoms with Crippen molar-refractivity contribution in [3.63, 3.8) is 0 Å². The van der Waals surface area contributed by atoms with Crippen LogP contribution in [0.15, 0.2) is 29.2 Å². The summed E-state index contributed by atoms with van der Waals surface area (Å²) in [6.07, 6.45) is 1.29. The number of carbonyl (C=O) groups is 2. The van der Waals surface area contributed by atoms with E-state index < -0.39 is 15.4 Å². The van der Waals surface area contributed by atoms with Crippen LogP contribution >= 0.6 is 0 Å². The SMILES string of the molecule is CNC(=O)CN1CC2(CCN(CC(=O)OC)CC2)COc2ccccc2S1(=O)=O. The average Bonchev–Trinajstić information content (AvgIpc) is 2.72. The summed E-state index contributed by atoms with van der Waals surface area (Å²) in [6, 6.07) is 6.50. The monoisotopic (exact) mass is 425 g/mol. The highest BCUT2D eigenvalue weighted by molar-refractivity contribution is 7.89. The number of likely N-dealkylation sites (tertiary alicyclic amines) is 1. The lowest BCUT2D eigenvalue weighted by molar-refractivity contribution is -0.142. The number of rotatable bonds is 4. The van der Waals surface area contributed by atoms with Crippen LogP contribution in [0.25, 0.3) is 0 Å². The second-order valence-corrected chi connectivity index (χ2v) is 9.44. The number of nitrogens with zero attached hydrogens (tertiary/aromatic N) is 2. The minimum Gasteiger partial charge on any atom is -0.492 e. The summed E-state index contributed by atoms with van der Waals surface area (Å²) >= 11 is 0. The van der Waals surface area contributed by atoms with E-state index in [0.717, 1.165) is 0 Å². The van der Waals surface area contributed by atoms with E-state index in [2.05, 4.69) is 5.32 Å². The summed E-state index contributed by atoms with van der Waals surface area (Å²) in [7, 11) is -1.06. The van der Waals surface area contributed by atoms with Crippen molar-refractivity contribution in [2.75, 3.05) is 53.5 Å². The van der Waals surface area contributed by atoms with E-state index in [0.29, 0.717) is 38.3 Å². The third kappa shape index (κ3) is 4.71. The summed E-state index contributed by atoms with van der Waals surface area (Å²) in [5.74, 6) is -0.371. The molecule has 1 N–H and O–H groups in total. The Labute approximate surface area is 171 Å². The van der Waals surface area contributed by atoms with Crippen molar-refractivity contribution < 1.29 is 27.5 Å². The number of hydrogen-bond donors (Lipinski definition) is 1. The molecule has 1 saturated heterocycles. The van der Waals surface area contributed by atoms with Crippen LogP contribution in [0.4, 0.5) is 0 Å². The van der Waals surface area contributed by atoms with Crippen LogP contribution in [0.1, 0.15) is 12.8 Å². The van der Waals surface area contributed by atoms with Gasteiger partial charge in [-0.05, 0) is 38.1 Å². The molecule has 10 heteroatoms. The maximum absolute atomic E-state index is 13.3. The maximum Gasteiger partial charge on any atom is 0.319 e. The minimum atomic E-state index is -3.90. The van der Waals surface area contributed by atoms with Gasteiger partial charge in [0.05, 0.1) is 26.8 Å². The van der Waals surface area contributed by atoms with Gasteiger partial charge in [-0.15, -0.1) is 0 Å². The molecule has 0 unspecified atom stereocenters. The van der Waals surface area contributed by atoms with Gasteiger partial charge in [-0.25, -0.2) is 8.42 Å². The number of esters is 1. The zero-order valence-electron chi connectivity index (χ0n) is 16.7. The van der Waals surface area contributed by atoms with Crippen molar-refractivity contribution in [3.05, 3.63) is 24.3 Å². The quantitative estimate of drug-likeness (QED) is 0.681. The molecular formula is C19H27N3O6S. The van der Waals surface area contributed by atoms with Crippen LogP contribution in [0, 0.1) is 5.41 Å². The Bertz CT molecular complexity index is 864. The van der Waals surface area contributed by atoms with Gasteiger partial charge >= 0.3 is 5.97 Å². The van der Waals surface area contributed by atoms with Crippen molar-refractivity contribution in [3.8, 4) is 5.75 Å². The molecule has 0 saturated carbocycles. The van der Waals surface area contributed by atoms with Crippen LogP contribution in [-0.4, -0.2) is 83.0 Å². The molecule has 160 valence electrons. The highest BCUT2D eigenvalue weighted by Gasteiger charge is 2.43. The molecule has 1 amide bonds. The van der Waals surface area contributed by atoms with E-state index >= 15 is 0 Å². The second-order valence-electron chi connectivity index (χ2n) is 7.53. The number of fused-ring (bicyclic) bond motifs is 1. The minimum absolute atomic E-state index is 0.0712. The average molecular weight is 426 g/mol. The van der Waals surface area contributed by atoms with E-state index in [1.165, 1.54) is 24.5 Å². The molecule has 1 aromatic carbocycles. The molecule has 0 aliphatic carbocycles. The van der Waals surface area contributed by atoms with Crippen LogP contribution in [0.3, 0.4) is 0 Å². The summed E-state index contributed by atoms with van der Waals surface area (Å²) < 4.78 is 38.5. The topological polar surface area (TPSA) is 105 Å². The lowest BCUT2D eigenvalue weighted by atomic mass is 9.78. The first kappa shape index (κ1) is 21.5. The van der Waals surface area contributed by atoms with Gasteiger partial charge in [-0.1, -0.05) is 12.1 Å². The highest BCUT2D eigenvalue weighted by atomic mass is 32.2. The molecule has 0 radical (unpaired) electrons. The van der Waals surface area contributed by atoms with Crippen molar-refractivity contribution >= 4 is 21.9 Å². The molecule has 9 nitrogen and oxygen atoms in total. The summed E-state index contributed by atoms with van der Waals surface area (Å²) in [4.78, 5) is 25.7. The molecule has 1 fully saturated rings. The molecule has 0 bridgehead atoms. The van der Waals surface area contributed by atoms with Gasteiger partial charge in [0.15, 0.2) is 0 Å². The van der Waals surface area contributed by atoms with Gasteiger partial charge < -0.3 is 14.8 Å². The van der Waals surface area contributed by atoms with Crippen molar-refractivity contribution in [2.24, 2.45) is 5.41 Å². The standard InChI is InChI=1S/C19H27N3O6S/c1-20-17(23)11-22-13-19(7-9-21(10-8-19)12-18(24)27-2)14-28-15-5-3-4-6-16(15)29(22,25)26/h3-6H,7-14H2,1-2H3,(H,20,23). The van der Waals surface area contributed by atoms with E-state index in [4.69, 9.17) is 9.47 Å². The molecule has 1 aromatic rings. The summed E-state index contributed by atoms with van der Waals surface area (Å²) in [6.45, 7) is 1.72. The van der Waals surface area contributed by atoms with Crippen molar-refractivity contribution in [2.45, 2.75) is 17.7 Å².